The normalized spacial score (nSPS) is 23.6. The zero-order chi connectivity index (χ0) is 27.1. The van der Waals surface area contributed by atoms with E-state index in [1.165, 1.54) is 89.9 Å². The van der Waals surface area contributed by atoms with Crippen LogP contribution in [0.1, 0.15) is 110 Å². The molecule has 1 aliphatic heterocycles. The van der Waals surface area contributed by atoms with Crippen LogP contribution in [-0.2, 0) is 23.7 Å². The molecule has 0 aromatic rings. The van der Waals surface area contributed by atoms with Crippen molar-refractivity contribution in [2.24, 2.45) is 0 Å². The van der Waals surface area contributed by atoms with Crippen LogP contribution in [0, 0.1) is 0 Å². The third-order valence-electron chi connectivity index (χ3n) is 7.40. The molecular formula is C30H57NO6. The fourth-order valence-electron chi connectivity index (χ4n) is 5.16. The smallest absolute Gasteiger partial charge is 0.407 e. The zero-order valence-electron chi connectivity index (χ0n) is 24.3. The summed E-state index contributed by atoms with van der Waals surface area (Å²) in [5.41, 5.74) is 0. The predicted octanol–water partition coefficient (Wildman–Crippen LogP) is 6.97. The number of methoxy groups -OCH3 is 3. The van der Waals surface area contributed by atoms with Gasteiger partial charge in [0, 0.05) is 27.9 Å². The zero-order valence-corrected chi connectivity index (χ0v) is 24.3. The second kappa shape index (κ2) is 22.8. The van der Waals surface area contributed by atoms with Gasteiger partial charge in [0.05, 0.1) is 0 Å². The van der Waals surface area contributed by atoms with E-state index in [0.717, 1.165) is 12.8 Å². The fourth-order valence-corrected chi connectivity index (χ4v) is 5.16. The van der Waals surface area contributed by atoms with E-state index < -0.39 is 18.3 Å². The van der Waals surface area contributed by atoms with Crippen LogP contribution in [0.5, 0.6) is 0 Å². The van der Waals surface area contributed by atoms with E-state index in [4.69, 9.17) is 23.7 Å². The number of carbonyl (C=O) groups is 1. The Morgan fingerprint density at radius 2 is 1.19 bits per heavy atom. The third kappa shape index (κ3) is 14.5. The molecule has 5 atom stereocenters. The van der Waals surface area contributed by atoms with Gasteiger partial charge in [-0.3, -0.25) is 0 Å². The molecule has 1 heterocycles. The van der Waals surface area contributed by atoms with Crippen LogP contribution in [0.3, 0.4) is 0 Å². The van der Waals surface area contributed by atoms with Gasteiger partial charge in [0.15, 0.2) is 0 Å². The quantitative estimate of drug-likeness (QED) is 0.114. The Kier molecular flexibility index (Phi) is 20.9. The minimum absolute atomic E-state index is 0.0733. The summed E-state index contributed by atoms with van der Waals surface area (Å²) in [4.78, 5) is 12.2. The molecule has 0 bridgehead atoms. The molecular weight excluding hydrogens is 470 g/mol. The maximum absolute atomic E-state index is 12.2. The first-order valence-electron chi connectivity index (χ1n) is 14.9. The van der Waals surface area contributed by atoms with Gasteiger partial charge in [-0.1, -0.05) is 109 Å². The van der Waals surface area contributed by atoms with E-state index in [9.17, 15) is 4.79 Å². The third-order valence-corrected chi connectivity index (χ3v) is 7.40. The number of unbranched alkanes of at least 4 members (excludes halogenated alkanes) is 15. The van der Waals surface area contributed by atoms with Crippen LogP contribution in [0.25, 0.3) is 0 Å². The molecule has 0 spiro atoms. The molecule has 1 N–H and O–H groups in total. The van der Waals surface area contributed by atoms with Gasteiger partial charge in [0.1, 0.15) is 37.1 Å². The van der Waals surface area contributed by atoms with Gasteiger partial charge in [-0.15, -0.1) is 6.58 Å². The first-order chi connectivity index (χ1) is 18.1. The Balaban J connectivity index is 2.01. The molecule has 7 heteroatoms. The SMILES string of the molecule is C=C[C@H]1O[C@H](COC(=O)NCCCCCCCCCCCCCCCCCC)[C@@H](OC)[C@H](OC)[C@H]1OC. The number of amides is 1. The van der Waals surface area contributed by atoms with E-state index in [-0.39, 0.29) is 24.9 Å². The highest BCUT2D eigenvalue weighted by Gasteiger charge is 2.46. The molecule has 1 rings (SSSR count). The number of nitrogens with one attached hydrogen (secondary N) is 1. The average molecular weight is 528 g/mol. The molecule has 1 fully saturated rings. The monoisotopic (exact) mass is 527 g/mol. The molecule has 0 radical (unpaired) electrons. The van der Waals surface area contributed by atoms with Crippen LogP contribution in [-0.4, -0.2) is 71.1 Å². The summed E-state index contributed by atoms with van der Waals surface area (Å²) in [6.07, 6.45) is 20.6. The number of ether oxygens (including phenoxy) is 5. The molecule has 0 aromatic heterocycles. The van der Waals surface area contributed by atoms with Crippen LogP contribution < -0.4 is 5.32 Å². The number of carbonyl (C=O) groups excluding carboxylic acids is 1. The van der Waals surface area contributed by atoms with Crippen LogP contribution >= 0.6 is 0 Å². The number of hydrogen-bond acceptors (Lipinski definition) is 6. The van der Waals surface area contributed by atoms with Crippen LogP contribution in [0.15, 0.2) is 12.7 Å². The second-order valence-electron chi connectivity index (χ2n) is 10.3. The Labute approximate surface area is 227 Å². The summed E-state index contributed by atoms with van der Waals surface area (Å²) in [5, 5.41) is 2.84. The van der Waals surface area contributed by atoms with Crippen molar-refractivity contribution >= 4 is 6.09 Å². The van der Waals surface area contributed by atoms with Crippen molar-refractivity contribution in [3.63, 3.8) is 0 Å². The van der Waals surface area contributed by atoms with Crippen molar-refractivity contribution in [1.29, 1.82) is 0 Å². The van der Waals surface area contributed by atoms with E-state index in [2.05, 4.69) is 18.8 Å². The Morgan fingerprint density at radius 3 is 1.62 bits per heavy atom. The van der Waals surface area contributed by atoms with Gasteiger partial charge in [-0.25, -0.2) is 4.79 Å². The first-order valence-corrected chi connectivity index (χ1v) is 14.9. The first kappa shape index (κ1) is 33.9. The van der Waals surface area contributed by atoms with E-state index in [0.29, 0.717) is 6.54 Å². The molecule has 1 aliphatic rings. The minimum atomic E-state index is -0.467. The highest BCUT2D eigenvalue weighted by Crippen LogP contribution is 2.28. The lowest BCUT2D eigenvalue weighted by Crippen LogP contribution is -2.60. The lowest BCUT2D eigenvalue weighted by Gasteiger charge is -2.43. The highest BCUT2D eigenvalue weighted by molar-refractivity contribution is 5.67. The van der Waals surface area contributed by atoms with Gasteiger partial charge < -0.3 is 29.0 Å². The topological polar surface area (TPSA) is 75.3 Å². The number of rotatable bonds is 23. The summed E-state index contributed by atoms with van der Waals surface area (Å²) >= 11 is 0. The van der Waals surface area contributed by atoms with Gasteiger partial charge in [-0.05, 0) is 6.42 Å². The van der Waals surface area contributed by atoms with Crippen LogP contribution in [0.4, 0.5) is 4.79 Å². The molecule has 0 aromatic carbocycles. The van der Waals surface area contributed by atoms with Crippen molar-refractivity contribution in [2.45, 2.75) is 140 Å². The molecule has 0 aliphatic carbocycles. The van der Waals surface area contributed by atoms with Crippen molar-refractivity contribution in [1.82, 2.24) is 5.32 Å². The fraction of sp³-hybridized carbons (Fsp3) is 0.900. The maximum Gasteiger partial charge on any atom is 0.407 e. The Hall–Kier alpha value is -1.15. The lowest BCUT2D eigenvalue weighted by molar-refractivity contribution is -0.237. The van der Waals surface area contributed by atoms with E-state index >= 15 is 0 Å². The summed E-state index contributed by atoms with van der Waals surface area (Å²) < 4.78 is 28.1. The molecule has 218 valence electrons. The minimum Gasteiger partial charge on any atom is -0.447 e. The average Bonchev–Trinajstić information content (AvgIpc) is 2.92. The number of alkyl carbamates (subject to hydrolysis) is 1. The van der Waals surface area contributed by atoms with Crippen LogP contribution in [0.2, 0.25) is 0 Å². The maximum atomic E-state index is 12.2. The molecule has 0 saturated carbocycles. The largest absolute Gasteiger partial charge is 0.447 e. The highest BCUT2D eigenvalue weighted by atomic mass is 16.6. The van der Waals surface area contributed by atoms with E-state index in [1.807, 2.05) is 0 Å². The van der Waals surface area contributed by atoms with Gasteiger partial charge in [0.25, 0.3) is 0 Å². The van der Waals surface area contributed by atoms with Gasteiger partial charge in [-0.2, -0.15) is 0 Å². The Bertz CT molecular complexity index is 560. The lowest BCUT2D eigenvalue weighted by atomic mass is 9.94. The second-order valence-corrected chi connectivity index (χ2v) is 10.3. The standard InChI is InChI=1S/C30H57NO6/c1-6-8-9-10-11-12-13-14-15-16-17-18-19-20-21-22-23-31-30(32)36-24-26-28(34-4)29(35-5)27(33-3)25(7-2)37-26/h7,25-29H,2,6,8-24H2,1,3-5H3,(H,31,32)/t25-,26-,27+,28-,29-/m1/s1. The summed E-state index contributed by atoms with van der Waals surface area (Å²) in [7, 11) is 4.80. The summed E-state index contributed by atoms with van der Waals surface area (Å²) in [6, 6.07) is 0. The van der Waals surface area contributed by atoms with Crippen molar-refractivity contribution < 1.29 is 28.5 Å². The van der Waals surface area contributed by atoms with Gasteiger partial charge >= 0.3 is 6.09 Å². The molecule has 0 unspecified atom stereocenters. The predicted molar refractivity (Wildman–Crippen MR) is 150 cm³/mol. The molecule has 37 heavy (non-hydrogen) atoms. The van der Waals surface area contributed by atoms with Gasteiger partial charge in [0.2, 0.25) is 0 Å². The summed E-state index contributed by atoms with van der Waals surface area (Å²) in [5.74, 6) is 0. The summed E-state index contributed by atoms with van der Waals surface area (Å²) in [6.45, 7) is 6.79. The molecule has 1 amide bonds. The van der Waals surface area contributed by atoms with Crippen molar-refractivity contribution in [3.8, 4) is 0 Å². The number of hydrogen-bond donors (Lipinski definition) is 1. The molecule has 7 nitrogen and oxygen atoms in total. The molecule has 1 saturated heterocycles. The van der Waals surface area contributed by atoms with E-state index in [1.54, 1.807) is 27.4 Å². The Morgan fingerprint density at radius 1 is 0.730 bits per heavy atom. The van der Waals surface area contributed by atoms with Crippen molar-refractivity contribution in [2.75, 3.05) is 34.5 Å². The van der Waals surface area contributed by atoms with Crippen molar-refractivity contribution in [3.05, 3.63) is 12.7 Å².